The number of carbonyl (C=O) groups excluding carboxylic acids is 1. The standard InChI is InChI=1S/C14H12N2O4/c17-14(13-12(16(18)19)7-9-20-13)15-8-3-5-10-4-1-2-6-11(10)15/h1-2,4,6-7,9H,3,5,8H2. The summed E-state index contributed by atoms with van der Waals surface area (Å²) in [5, 5.41) is 10.9. The van der Waals surface area contributed by atoms with Gasteiger partial charge in [-0.15, -0.1) is 0 Å². The van der Waals surface area contributed by atoms with Crippen LogP contribution < -0.4 is 4.90 Å². The molecule has 102 valence electrons. The second kappa shape index (κ2) is 4.80. The second-order valence-corrected chi connectivity index (χ2v) is 4.58. The Kier molecular flexibility index (Phi) is 2.98. The van der Waals surface area contributed by atoms with Crippen LogP contribution in [0.25, 0.3) is 0 Å². The number of benzene rings is 1. The highest BCUT2D eigenvalue weighted by Crippen LogP contribution is 2.30. The number of furan rings is 1. The second-order valence-electron chi connectivity index (χ2n) is 4.58. The molecule has 0 saturated carbocycles. The number of carbonyl (C=O) groups is 1. The van der Waals surface area contributed by atoms with Crippen molar-refractivity contribution in [3.8, 4) is 0 Å². The first-order chi connectivity index (χ1) is 9.68. The van der Waals surface area contributed by atoms with Crippen LogP contribution in [0, 0.1) is 10.1 Å². The Morgan fingerprint density at radius 3 is 2.90 bits per heavy atom. The van der Waals surface area contributed by atoms with Crippen LogP contribution in [-0.4, -0.2) is 17.4 Å². The maximum absolute atomic E-state index is 12.5. The predicted molar refractivity (Wildman–Crippen MR) is 71.8 cm³/mol. The molecule has 0 spiro atoms. The number of nitrogens with zero attached hydrogens (tertiary/aromatic N) is 2. The minimum atomic E-state index is -0.605. The number of rotatable bonds is 2. The van der Waals surface area contributed by atoms with Crippen LogP contribution in [0.2, 0.25) is 0 Å². The largest absolute Gasteiger partial charge is 0.453 e. The van der Waals surface area contributed by atoms with Gasteiger partial charge in [-0.05, 0) is 24.5 Å². The highest BCUT2D eigenvalue weighted by Gasteiger charge is 2.31. The van der Waals surface area contributed by atoms with E-state index in [0.29, 0.717) is 6.54 Å². The van der Waals surface area contributed by atoms with Gasteiger partial charge in [-0.2, -0.15) is 0 Å². The van der Waals surface area contributed by atoms with Crippen molar-refractivity contribution in [2.75, 3.05) is 11.4 Å². The van der Waals surface area contributed by atoms with E-state index in [1.807, 2.05) is 24.3 Å². The third-order valence-electron chi connectivity index (χ3n) is 3.39. The number of amides is 1. The minimum Gasteiger partial charge on any atom is -0.453 e. The molecule has 1 aromatic heterocycles. The van der Waals surface area contributed by atoms with Gasteiger partial charge in [-0.1, -0.05) is 18.2 Å². The fraction of sp³-hybridized carbons (Fsp3) is 0.214. The molecule has 1 amide bonds. The van der Waals surface area contributed by atoms with Gasteiger partial charge < -0.3 is 9.32 Å². The van der Waals surface area contributed by atoms with E-state index in [1.165, 1.54) is 12.3 Å². The van der Waals surface area contributed by atoms with E-state index in [1.54, 1.807) is 4.90 Å². The van der Waals surface area contributed by atoms with Gasteiger partial charge in [0.05, 0.1) is 17.3 Å². The zero-order valence-electron chi connectivity index (χ0n) is 10.6. The SMILES string of the molecule is O=C(c1occc1[N+](=O)[O-])N1CCCc2ccccc21. The number of fused-ring (bicyclic) bond motifs is 1. The van der Waals surface area contributed by atoms with Gasteiger partial charge in [0, 0.05) is 12.2 Å². The number of anilines is 1. The van der Waals surface area contributed by atoms with E-state index < -0.39 is 10.8 Å². The maximum atomic E-state index is 12.5. The van der Waals surface area contributed by atoms with Gasteiger partial charge >= 0.3 is 11.6 Å². The third kappa shape index (κ3) is 1.95. The quantitative estimate of drug-likeness (QED) is 0.622. The summed E-state index contributed by atoms with van der Waals surface area (Å²) in [6.07, 6.45) is 2.90. The molecule has 0 unspecified atom stereocenters. The number of hydrogen-bond acceptors (Lipinski definition) is 4. The molecule has 2 heterocycles. The molecule has 0 bridgehead atoms. The van der Waals surface area contributed by atoms with Crippen molar-refractivity contribution in [3.05, 3.63) is 58.0 Å². The highest BCUT2D eigenvalue weighted by molar-refractivity contribution is 6.07. The highest BCUT2D eigenvalue weighted by atomic mass is 16.6. The molecule has 1 aliphatic heterocycles. The predicted octanol–water partition coefficient (Wildman–Crippen LogP) is 2.78. The van der Waals surface area contributed by atoms with Crippen molar-refractivity contribution < 1.29 is 14.1 Å². The van der Waals surface area contributed by atoms with E-state index in [4.69, 9.17) is 4.42 Å². The maximum Gasteiger partial charge on any atom is 0.320 e. The molecule has 0 aliphatic carbocycles. The summed E-state index contributed by atoms with van der Waals surface area (Å²) in [7, 11) is 0. The Morgan fingerprint density at radius 2 is 2.10 bits per heavy atom. The lowest BCUT2D eigenvalue weighted by molar-refractivity contribution is -0.385. The third-order valence-corrected chi connectivity index (χ3v) is 3.39. The van der Waals surface area contributed by atoms with Gasteiger partial charge in [0.25, 0.3) is 5.76 Å². The lowest BCUT2D eigenvalue weighted by Gasteiger charge is -2.28. The van der Waals surface area contributed by atoms with E-state index in [2.05, 4.69) is 0 Å². The Morgan fingerprint density at radius 1 is 1.30 bits per heavy atom. The molecule has 0 N–H and O–H groups in total. The monoisotopic (exact) mass is 272 g/mol. The smallest absolute Gasteiger partial charge is 0.320 e. The van der Waals surface area contributed by atoms with Crippen molar-refractivity contribution >= 4 is 17.3 Å². The number of nitro groups is 1. The van der Waals surface area contributed by atoms with E-state index >= 15 is 0 Å². The normalized spacial score (nSPS) is 13.9. The molecule has 20 heavy (non-hydrogen) atoms. The average Bonchev–Trinajstić information content (AvgIpc) is 2.95. The van der Waals surface area contributed by atoms with E-state index in [9.17, 15) is 14.9 Å². The summed E-state index contributed by atoms with van der Waals surface area (Å²) in [5.74, 6) is -0.680. The zero-order chi connectivity index (χ0) is 14.1. The Balaban J connectivity index is 2.00. The van der Waals surface area contributed by atoms with Crippen molar-refractivity contribution in [2.45, 2.75) is 12.8 Å². The van der Waals surface area contributed by atoms with E-state index in [0.717, 1.165) is 24.1 Å². The summed E-state index contributed by atoms with van der Waals surface area (Å²) >= 11 is 0. The van der Waals surface area contributed by atoms with Crippen LogP contribution in [-0.2, 0) is 6.42 Å². The molecule has 2 aromatic rings. The molecular weight excluding hydrogens is 260 g/mol. The van der Waals surface area contributed by atoms with Gasteiger partial charge in [-0.25, -0.2) is 0 Å². The summed E-state index contributed by atoms with van der Waals surface area (Å²) in [6.45, 7) is 0.535. The molecule has 0 saturated heterocycles. The molecule has 1 aliphatic rings. The van der Waals surface area contributed by atoms with Crippen LogP contribution in [0.4, 0.5) is 11.4 Å². The fourth-order valence-electron chi connectivity index (χ4n) is 2.47. The van der Waals surface area contributed by atoms with Gasteiger partial charge in [0.1, 0.15) is 0 Å². The molecule has 0 radical (unpaired) electrons. The van der Waals surface area contributed by atoms with Crippen LogP contribution in [0.15, 0.2) is 41.0 Å². The molecule has 0 fully saturated rings. The van der Waals surface area contributed by atoms with E-state index in [-0.39, 0.29) is 11.4 Å². The Bertz CT molecular complexity index is 677. The summed E-state index contributed by atoms with van der Waals surface area (Å²) < 4.78 is 5.02. The van der Waals surface area contributed by atoms with Crippen LogP contribution in [0.1, 0.15) is 22.5 Å². The van der Waals surface area contributed by atoms with Gasteiger partial charge in [0.2, 0.25) is 0 Å². The summed E-state index contributed by atoms with van der Waals surface area (Å²) in [5.41, 5.74) is 1.58. The molecule has 3 rings (SSSR count). The first kappa shape index (κ1) is 12.4. The van der Waals surface area contributed by atoms with Gasteiger partial charge in [-0.3, -0.25) is 14.9 Å². The van der Waals surface area contributed by atoms with Crippen LogP contribution in [0.5, 0.6) is 0 Å². The topological polar surface area (TPSA) is 76.6 Å². The summed E-state index contributed by atoms with van der Waals surface area (Å²) in [4.78, 5) is 24.3. The average molecular weight is 272 g/mol. The van der Waals surface area contributed by atoms with Gasteiger partial charge in [0.15, 0.2) is 0 Å². The molecule has 1 aromatic carbocycles. The summed E-state index contributed by atoms with van der Waals surface area (Å²) in [6, 6.07) is 8.78. The fourth-order valence-corrected chi connectivity index (χ4v) is 2.47. The lowest BCUT2D eigenvalue weighted by Crippen LogP contribution is -2.35. The van der Waals surface area contributed by atoms with Crippen molar-refractivity contribution in [3.63, 3.8) is 0 Å². The van der Waals surface area contributed by atoms with Crippen LogP contribution >= 0.6 is 0 Å². The molecule has 6 heteroatoms. The first-order valence-corrected chi connectivity index (χ1v) is 6.30. The minimum absolute atomic E-state index is 0.216. The molecular formula is C14H12N2O4. The van der Waals surface area contributed by atoms with Crippen LogP contribution in [0.3, 0.4) is 0 Å². The van der Waals surface area contributed by atoms with Crippen molar-refractivity contribution in [1.29, 1.82) is 0 Å². The Hall–Kier alpha value is -2.63. The Labute approximate surface area is 114 Å². The number of para-hydroxylation sites is 1. The van der Waals surface area contributed by atoms with Crippen molar-refractivity contribution in [2.24, 2.45) is 0 Å². The van der Waals surface area contributed by atoms with Crippen molar-refractivity contribution in [1.82, 2.24) is 0 Å². The zero-order valence-corrected chi connectivity index (χ0v) is 10.6. The molecule has 6 nitrogen and oxygen atoms in total. The molecule has 0 atom stereocenters. The number of hydrogen-bond donors (Lipinski definition) is 0. The number of aryl methyl sites for hydroxylation is 1. The first-order valence-electron chi connectivity index (χ1n) is 6.30. The lowest BCUT2D eigenvalue weighted by atomic mass is 10.0.